The summed E-state index contributed by atoms with van der Waals surface area (Å²) in [6, 6.07) is 14.5. The average molecular weight is 395 g/mol. The van der Waals surface area contributed by atoms with Crippen molar-refractivity contribution < 1.29 is 4.79 Å². The fourth-order valence-electron chi connectivity index (χ4n) is 3.60. The quantitative estimate of drug-likeness (QED) is 0.644. The third kappa shape index (κ3) is 4.75. The van der Waals surface area contributed by atoms with Crippen molar-refractivity contribution in [1.82, 2.24) is 19.2 Å². The zero-order valence-corrected chi connectivity index (χ0v) is 17.1. The van der Waals surface area contributed by atoms with Crippen LogP contribution in [0.3, 0.4) is 0 Å². The summed E-state index contributed by atoms with van der Waals surface area (Å²) in [6.07, 6.45) is 4.12. The molecule has 4 rings (SSSR count). The minimum Gasteiger partial charge on any atom is -0.339 e. The minimum absolute atomic E-state index is 0.255. The molecule has 1 aliphatic heterocycles. The monoisotopic (exact) mass is 394 g/mol. The summed E-state index contributed by atoms with van der Waals surface area (Å²) in [5.74, 6) is 1.70. The van der Waals surface area contributed by atoms with Crippen LogP contribution in [-0.2, 0) is 17.1 Å². The summed E-state index contributed by atoms with van der Waals surface area (Å²) in [6.45, 7) is 6.36. The van der Waals surface area contributed by atoms with Crippen LogP contribution in [-0.4, -0.2) is 57.0 Å². The number of pyridine rings is 1. The van der Waals surface area contributed by atoms with Crippen LogP contribution in [0.2, 0.25) is 0 Å². The predicted octanol–water partition coefficient (Wildman–Crippen LogP) is 3.22. The van der Waals surface area contributed by atoms with Crippen molar-refractivity contribution >= 4 is 23.3 Å². The summed E-state index contributed by atoms with van der Waals surface area (Å²) in [5.41, 5.74) is 4.62. The van der Waals surface area contributed by atoms with Crippen LogP contribution in [0.15, 0.2) is 54.9 Å². The number of carbonyl (C=O) groups is 1. The van der Waals surface area contributed by atoms with E-state index in [0.29, 0.717) is 5.75 Å². The number of thioether (sulfide) groups is 1. The van der Waals surface area contributed by atoms with Gasteiger partial charge in [-0.15, -0.1) is 11.8 Å². The zero-order valence-electron chi connectivity index (χ0n) is 16.3. The van der Waals surface area contributed by atoms with Crippen molar-refractivity contribution in [1.29, 1.82) is 0 Å². The Hall–Kier alpha value is -2.31. The lowest BCUT2D eigenvalue weighted by atomic mass is 10.2. The highest BCUT2D eigenvalue weighted by Crippen LogP contribution is 2.15. The van der Waals surface area contributed by atoms with Gasteiger partial charge >= 0.3 is 0 Å². The fraction of sp³-hybridized carbons (Fsp3) is 0.364. The van der Waals surface area contributed by atoms with Crippen molar-refractivity contribution in [2.75, 3.05) is 31.9 Å². The summed E-state index contributed by atoms with van der Waals surface area (Å²) in [4.78, 5) is 21.6. The average Bonchev–Trinajstić information content (AvgIpc) is 3.11. The molecule has 3 aromatic rings. The molecule has 0 N–H and O–H groups in total. The molecule has 0 aliphatic carbocycles. The maximum Gasteiger partial charge on any atom is 0.232 e. The second kappa shape index (κ2) is 8.80. The number of hydrogen-bond donors (Lipinski definition) is 0. The van der Waals surface area contributed by atoms with Crippen LogP contribution in [0.4, 0.5) is 0 Å². The third-order valence-corrected chi connectivity index (χ3v) is 6.09. The van der Waals surface area contributed by atoms with E-state index in [9.17, 15) is 4.79 Å². The lowest BCUT2D eigenvalue weighted by Gasteiger charge is -2.34. The molecule has 1 saturated heterocycles. The van der Waals surface area contributed by atoms with Gasteiger partial charge in [-0.25, -0.2) is 4.98 Å². The van der Waals surface area contributed by atoms with E-state index in [-0.39, 0.29) is 5.91 Å². The molecule has 0 saturated carbocycles. The number of carbonyl (C=O) groups excluding carboxylic acids is 1. The second-order valence-corrected chi connectivity index (χ2v) is 8.32. The van der Waals surface area contributed by atoms with E-state index in [0.717, 1.165) is 49.8 Å². The summed E-state index contributed by atoms with van der Waals surface area (Å²) in [5, 5.41) is 0. The topological polar surface area (TPSA) is 40.9 Å². The lowest BCUT2D eigenvalue weighted by molar-refractivity contribution is -0.130. The number of hydrogen-bond acceptors (Lipinski definition) is 4. The van der Waals surface area contributed by atoms with Crippen molar-refractivity contribution in [2.24, 2.45) is 0 Å². The summed E-state index contributed by atoms with van der Waals surface area (Å²) in [7, 11) is 0. The molecular weight excluding hydrogens is 368 g/mol. The first kappa shape index (κ1) is 19.0. The van der Waals surface area contributed by atoms with E-state index in [2.05, 4.69) is 51.7 Å². The molecule has 0 spiro atoms. The number of aromatic nitrogens is 2. The molecule has 6 heteroatoms. The number of rotatable bonds is 6. The van der Waals surface area contributed by atoms with Crippen molar-refractivity contribution in [3.05, 3.63) is 71.7 Å². The van der Waals surface area contributed by atoms with E-state index in [1.54, 1.807) is 11.8 Å². The largest absolute Gasteiger partial charge is 0.339 e. The molecule has 1 aromatic carbocycles. The van der Waals surface area contributed by atoms with Gasteiger partial charge in [-0.1, -0.05) is 35.9 Å². The Bertz CT molecular complexity index is 913. The Kier molecular flexibility index (Phi) is 5.98. The van der Waals surface area contributed by atoms with Gasteiger partial charge in [-0.3, -0.25) is 9.69 Å². The van der Waals surface area contributed by atoms with Gasteiger partial charge in [0.1, 0.15) is 5.65 Å². The van der Waals surface area contributed by atoms with Gasteiger partial charge in [0.05, 0.1) is 11.4 Å². The first-order valence-corrected chi connectivity index (χ1v) is 10.9. The number of benzene rings is 1. The molecule has 1 amide bonds. The first-order chi connectivity index (χ1) is 13.7. The highest BCUT2D eigenvalue weighted by atomic mass is 32.2. The Morgan fingerprint density at radius 3 is 2.75 bits per heavy atom. The van der Waals surface area contributed by atoms with Crippen molar-refractivity contribution in [3.8, 4) is 0 Å². The van der Waals surface area contributed by atoms with Gasteiger partial charge in [0.25, 0.3) is 0 Å². The number of piperazine rings is 1. The van der Waals surface area contributed by atoms with Gasteiger partial charge in [0.2, 0.25) is 5.91 Å². The molecular formula is C22H26N4OS. The fourth-order valence-corrected chi connectivity index (χ4v) is 4.47. The Morgan fingerprint density at radius 2 is 1.96 bits per heavy atom. The first-order valence-electron chi connectivity index (χ1n) is 9.73. The number of imidazole rings is 1. The van der Waals surface area contributed by atoms with E-state index >= 15 is 0 Å². The molecule has 0 atom stereocenters. The maximum absolute atomic E-state index is 12.5. The number of fused-ring (bicyclic) bond motifs is 1. The lowest BCUT2D eigenvalue weighted by Crippen LogP contribution is -2.48. The van der Waals surface area contributed by atoms with Crippen LogP contribution >= 0.6 is 11.8 Å². The summed E-state index contributed by atoms with van der Waals surface area (Å²) >= 11 is 1.71. The van der Waals surface area contributed by atoms with E-state index in [1.807, 2.05) is 29.3 Å². The van der Waals surface area contributed by atoms with Gasteiger partial charge in [-0.2, -0.15) is 0 Å². The van der Waals surface area contributed by atoms with Crippen molar-refractivity contribution in [2.45, 2.75) is 19.2 Å². The Labute approximate surface area is 170 Å². The smallest absolute Gasteiger partial charge is 0.232 e. The molecule has 1 aliphatic rings. The molecule has 146 valence electrons. The van der Waals surface area contributed by atoms with Gasteiger partial charge < -0.3 is 9.30 Å². The van der Waals surface area contributed by atoms with Crippen LogP contribution in [0, 0.1) is 6.92 Å². The van der Waals surface area contributed by atoms with Crippen molar-refractivity contribution in [3.63, 3.8) is 0 Å². The molecule has 3 heterocycles. The van der Waals surface area contributed by atoms with Crippen LogP contribution in [0.25, 0.3) is 5.65 Å². The van der Waals surface area contributed by atoms with Gasteiger partial charge in [0, 0.05) is 50.9 Å². The SMILES string of the molecule is Cc1cccc(CSCC(=O)N2CCN(Cc3cn4ccccc4n3)CC2)c1. The molecule has 0 bridgehead atoms. The van der Waals surface area contributed by atoms with E-state index in [4.69, 9.17) is 0 Å². The molecule has 1 fully saturated rings. The Morgan fingerprint density at radius 1 is 1.11 bits per heavy atom. The predicted molar refractivity (Wildman–Crippen MR) is 114 cm³/mol. The van der Waals surface area contributed by atoms with Crippen LogP contribution in [0.5, 0.6) is 0 Å². The van der Waals surface area contributed by atoms with Gasteiger partial charge in [0.15, 0.2) is 0 Å². The molecule has 0 unspecified atom stereocenters. The zero-order chi connectivity index (χ0) is 19.3. The minimum atomic E-state index is 0.255. The molecule has 2 aromatic heterocycles. The third-order valence-electron chi connectivity index (χ3n) is 5.10. The maximum atomic E-state index is 12.5. The summed E-state index contributed by atoms with van der Waals surface area (Å²) < 4.78 is 2.06. The number of nitrogens with zero attached hydrogens (tertiary/aromatic N) is 4. The molecule has 0 radical (unpaired) electrons. The van der Waals surface area contributed by atoms with E-state index in [1.165, 1.54) is 11.1 Å². The van der Waals surface area contributed by atoms with Crippen LogP contribution < -0.4 is 0 Å². The highest BCUT2D eigenvalue weighted by Gasteiger charge is 2.21. The van der Waals surface area contributed by atoms with Crippen LogP contribution in [0.1, 0.15) is 16.8 Å². The van der Waals surface area contributed by atoms with E-state index < -0.39 is 0 Å². The second-order valence-electron chi connectivity index (χ2n) is 7.34. The number of aryl methyl sites for hydroxylation is 1. The number of amides is 1. The van der Waals surface area contributed by atoms with Gasteiger partial charge in [-0.05, 0) is 24.6 Å². The molecule has 28 heavy (non-hydrogen) atoms. The Balaban J connectivity index is 1.21. The standard InChI is InChI=1S/C22H26N4OS/c1-18-5-4-6-19(13-18)16-28-17-22(27)25-11-9-24(10-12-25)14-20-15-26-8-3-2-7-21(26)23-20/h2-8,13,15H,9-12,14,16-17H2,1H3. The highest BCUT2D eigenvalue weighted by molar-refractivity contribution is 7.99. The normalized spacial score (nSPS) is 15.2. The molecule has 5 nitrogen and oxygen atoms in total.